The van der Waals surface area contributed by atoms with Crippen LogP contribution in [-0.2, 0) is 31.9 Å². The number of hydrogen-bond donors (Lipinski definition) is 0. The van der Waals surface area contributed by atoms with E-state index in [1.807, 2.05) is 32.9 Å². The highest BCUT2D eigenvalue weighted by atomic mass is 32.1. The summed E-state index contributed by atoms with van der Waals surface area (Å²) in [6.45, 7) is 9.42. The van der Waals surface area contributed by atoms with Crippen molar-refractivity contribution in [1.29, 1.82) is 5.26 Å². The van der Waals surface area contributed by atoms with Crippen molar-refractivity contribution in [2.75, 3.05) is 26.9 Å². The van der Waals surface area contributed by atoms with Gasteiger partial charge in [-0.3, -0.25) is 9.36 Å². The molecule has 0 bridgehead atoms. The third kappa shape index (κ3) is 6.29. The molecule has 0 amide bonds. The van der Waals surface area contributed by atoms with E-state index >= 15 is 0 Å². The summed E-state index contributed by atoms with van der Waals surface area (Å²) in [5.74, 6) is -0.471. The van der Waals surface area contributed by atoms with Gasteiger partial charge in [0.2, 0.25) is 0 Å². The van der Waals surface area contributed by atoms with Crippen LogP contribution in [0.4, 0.5) is 0 Å². The molecule has 3 aromatic heterocycles. The summed E-state index contributed by atoms with van der Waals surface area (Å²) >= 11 is 2.93. The van der Waals surface area contributed by atoms with E-state index in [2.05, 4.69) is 10.6 Å². The van der Waals surface area contributed by atoms with Crippen LogP contribution < -0.4 is 24.4 Å². The van der Waals surface area contributed by atoms with E-state index < -0.39 is 18.0 Å². The number of allylic oxidation sites excluding steroid dienone is 1. The maximum Gasteiger partial charge on any atom is 0.343 e. The first-order chi connectivity index (χ1) is 24.1. The molecule has 1 aliphatic carbocycles. The molecule has 11 nitrogen and oxygen atoms in total. The molecular weight excluding hydrogens is 677 g/mol. The zero-order valence-electron chi connectivity index (χ0n) is 28.9. The van der Waals surface area contributed by atoms with Gasteiger partial charge in [-0.25, -0.2) is 14.6 Å². The average Bonchev–Trinajstić information content (AvgIpc) is 3.72. The van der Waals surface area contributed by atoms with Gasteiger partial charge in [-0.05, 0) is 101 Å². The SMILES string of the molecule is CCOC(=O)C1=C(C)N=c2s/c(=C\c3cc(C)n(-c4sc5c(c4C#N)CCCC5)c3C)c(=O)n2[C@H]1c1ccc(OCC(=O)OC)c(OCC)c1. The fourth-order valence-corrected chi connectivity index (χ4v) is 9.08. The number of aryl methyl sites for hydroxylation is 2. The van der Waals surface area contributed by atoms with Gasteiger partial charge in [-0.2, -0.15) is 5.26 Å². The van der Waals surface area contributed by atoms with E-state index in [0.29, 0.717) is 38.7 Å². The van der Waals surface area contributed by atoms with Crippen molar-refractivity contribution in [2.45, 2.75) is 66.3 Å². The first-order valence-electron chi connectivity index (χ1n) is 16.5. The quantitative estimate of drug-likeness (QED) is 0.211. The van der Waals surface area contributed by atoms with Crippen molar-refractivity contribution in [1.82, 2.24) is 9.13 Å². The number of rotatable bonds is 10. The summed E-state index contributed by atoms with van der Waals surface area (Å²) in [6.07, 6.45) is 5.99. The van der Waals surface area contributed by atoms with Crippen LogP contribution in [0, 0.1) is 25.2 Å². The lowest BCUT2D eigenvalue weighted by Gasteiger charge is -2.25. The summed E-state index contributed by atoms with van der Waals surface area (Å²) in [4.78, 5) is 46.0. The average molecular weight is 715 g/mol. The molecule has 0 fully saturated rings. The van der Waals surface area contributed by atoms with Gasteiger partial charge in [-0.15, -0.1) is 11.3 Å². The number of nitriles is 1. The molecule has 0 unspecified atom stereocenters. The van der Waals surface area contributed by atoms with Gasteiger partial charge in [-0.1, -0.05) is 17.4 Å². The first kappa shape index (κ1) is 34.9. The first-order valence-corrected chi connectivity index (χ1v) is 18.1. The number of hydrogen-bond acceptors (Lipinski definition) is 11. The Bertz CT molecular complexity index is 2260. The van der Waals surface area contributed by atoms with E-state index in [1.54, 1.807) is 43.4 Å². The van der Waals surface area contributed by atoms with Crippen LogP contribution in [0.25, 0.3) is 11.1 Å². The molecule has 0 N–H and O–H groups in total. The van der Waals surface area contributed by atoms with Crippen molar-refractivity contribution in [3.63, 3.8) is 0 Å². The molecule has 2 aliphatic rings. The molecule has 0 saturated heterocycles. The molecular formula is C37H38N4O7S2. The zero-order chi connectivity index (χ0) is 35.7. The summed E-state index contributed by atoms with van der Waals surface area (Å²) in [7, 11) is 1.28. The van der Waals surface area contributed by atoms with Crippen molar-refractivity contribution in [3.8, 4) is 22.6 Å². The number of fused-ring (bicyclic) bond motifs is 2. The number of carbonyl (C=O) groups excluding carboxylic acids is 2. The van der Waals surface area contributed by atoms with Crippen LogP contribution in [0.3, 0.4) is 0 Å². The highest BCUT2D eigenvalue weighted by Crippen LogP contribution is 2.39. The zero-order valence-corrected chi connectivity index (χ0v) is 30.5. The van der Waals surface area contributed by atoms with E-state index in [1.165, 1.54) is 33.5 Å². The number of carbonyl (C=O) groups is 2. The lowest BCUT2D eigenvalue weighted by atomic mass is 9.95. The van der Waals surface area contributed by atoms with Gasteiger partial charge in [0.05, 0.1) is 47.7 Å². The highest BCUT2D eigenvalue weighted by molar-refractivity contribution is 7.15. The van der Waals surface area contributed by atoms with E-state index in [9.17, 15) is 19.6 Å². The van der Waals surface area contributed by atoms with Gasteiger partial charge < -0.3 is 23.5 Å². The number of methoxy groups -OCH3 is 1. The number of esters is 2. The van der Waals surface area contributed by atoms with Crippen molar-refractivity contribution in [2.24, 2.45) is 4.99 Å². The van der Waals surface area contributed by atoms with Crippen LogP contribution in [0.2, 0.25) is 0 Å². The fraction of sp³-hybridized carbons (Fsp3) is 0.378. The molecule has 0 spiro atoms. The lowest BCUT2D eigenvalue weighted by molar-refractivity contribution is -0.143. The maximum absolute atomic E-state index is 14.4. The molecule has 1 aromatic carbocycles. The van der Waals surface area contributed by atoms with E-state index in [0.717, 1.165) is 53.2 Å². The number of benzene rings is 1. The molecule has 260 valence electrons. The number of nitrogens with zero attached hydrogens (tertiary/aromatic N) is 4. The smallest absolute Gasteiger partial charge is 0.343 e. The van der Waals surface area contributed by atoms with Gasteiger partial charge in [0.15, 0.2) is 22.9 Å². The van der Waals surface area contributed by atoms with Gasteiger partial charge in [0, 0.05) is 16.3 Å². The lowest BCUT2D eigenvalue weighted by Crippen LogP contribution is -2.40. The Balaban J connectivity index is 1.48. The molecule has 0 radical (unpaired) electrons. The fourth-order valence-electron chi connectivity index (χ4n) is 6.60. The van der Waals surface area contributed by atoms with Crippen molar-refractivity contribution >= 4 is 40.7 Å². The topological polar surface area (TPSA) is 134 Å². The predicted molar refractivity (Wildman–Crippen MR) is 190 cm³/mol. The Morgan fingerprint density at radius 3 is 2.56 bits per heavy atom. The minimum absolute atomic E-state index is 0.146. The number of aromatic nitrogens is 2. The van der Waals surface area contributed by atoms with E-state index in [4.69, 9.17) is 23.9 Å². The molecule has 0 saturated carbocycles. The number of ether oxygens (including phenoxy) is 4. The standard InChI is InChI=1S/C37H38N4O7S2/c1-7-46-28-16-23(13-14-27(28)48-19-31(42)45-6)33-32(36(44)47-8-2)21(4)39-37-41(33)34(43)30(50-37)17-24-15-20(3)40(22(24)5)35-26(18-38)25-11-9-10-12-29(25)49-35/h13-17,33H,7-12,19H2,1-6H3/b30-17-/t33-/m0/s1. The Morgan fingerprint density at radius 2 is 1.84 bits per heavy atom. The molecule has 50 heavy (non-hydrogen) atoms. The summed E-state index contributed by atoms with van der Waals surface area (Å²) in [6, 6.07) is 8.71. The Labute approximate surface area is 297 Å². The molecule has 1 atom stereocenters. The summed E-state index contributed by atoms with van der Waals surface area (Å²) in [5.41, 5.74) is 5.59. The van der Waals surface area contributed by atoms with Crippen LogP contribution >= 0.6 is 22.7 Å². The third-order valence-corrected chi connectivity index (χ3v) is 11.2. The van der Waals surface area contributed by atoms with Crippen LogP contribution in [0.1, 0.15) is 78.2 Å². The van der Waals surface area contributed by atoms with Crippen LogP contribution in [0.15, 0.2) is 45.3 Å². The minimum Gasteiger partial charge on any atom is -0.490 e. The normalized spacial score (nSPS) is 15.5. The van der Waals surface area contributed by atoms with Crippen molar-refractivity contribution in [3.05, 3.63) is 93.7 Å². The molecule has 1 aliphatic heterocycles. The van der Waals surface area contributed by atoms with Crippen molar-refractivity contribution < 1.29 is 28.5 Å². The molecule has 13 heteroatoms. The Morgan fingerprint density at radius 1 is 1.06 bits per heavy atom. The monoisotopic (exact) mass is 714 g/mol. The van der Waals surface area contributed by atoms with Gasteiger partial charge in [0.1, 0.15) is 11.1 Å². The Kier molecular flexibility index (Phi) is 10.1. The van der Waals surface area contributed by atoms with Crippen LogP contribution in [-0.4, -0.2) is 48.0 Å². The molecule has 4 aromatic rings. The van der Waals surface area contributed by atoms with E-state index in [-0.39, 0.29) is 24.3 Å². The van der Waals surface area contributed by atoms with Crippen LogP contribution in [0.5, 0.6) is 11.5 Å². The number of thiazole rings is 1. The minimum atomic E-state index is -0.871. The highest BCUT2D eigenvalue weighted by Gasteiger charge is 2.34. The second-order valence-corrected chi connectivity index (χ2v) is 14.1. The predicted octanol–water partition coefficient (Wildman–Crippen LogP) is 4.97. The molecule has 6 rings (SSSR count). The maximum atomic E-state index is 14.4. The second kappa shape index (κ2) is 14.5. The second-order valence-electron chi connectivity index (χ2n) is 12.0. The number of thiophene rings is 1. The van der Waals surface area contributed by atoms with Gasteiger partial charge in [0.25, 0.3) is 5.56 Å². The molecule has 4 heterocycles. The third-order valence-electron chi connectivity index (χ3n) is 8.90. The largest absolute Gasteiger partial charge is 0.490 e. The van der Waals surface area contributed by atoms with Gasteiger partial charge >= 0.3 is 11.9 Å². The summed E-state index contributed by atoms with van der Waals surface area (Å²) in [5, 5.41) is 11.1. The summed E-state index contributed by atoms with van der Waals surface area (Å²) < 4.78 is 25.8. The Hall–Kier alpha value is -4.93.